The van der Waals surface area contributed by atoms with E-state index in [1.54, 1.807) is 41.5 Å². The average molecular weight is 789 g/mol. The number of alkyl carbamates (subject to hydrolysis) is 2. The fourth-order valence-electron chi connectivity index (χ4n) is 8.23. The van der Waals surface area contributed by atoms with Crippen molar-refractivity contribution in [2.45, 2.75) is 112 Å². The Balaban J connectivity index is 1.17. The van der Waals surface area contributed by atoms with E-state index >= 15 is 0 Å². The maximum absolute atomic E-state index is 13.8. The molecule has 3 aliphatic rings. The Morgan fingerprint density at radius 2 is 1.27 bits per heavy atom. The molecule has 0 heterocycles. The fraction of sp³-hybridized carbons (Fsp3) is 0.488. The lowest BCUT2D eigenvalue weighted by atomic mass is 9.90. The first-order valence-corrected chi connectivity index (χ1v) is 19.9. The molecule has 3 aliphatic carbocycles. The Morgan fingerprint density at radius 3 is 1.87 bits per heavy atom. The summed E-state index contributed by atoms with van der Waals surface area (Å²) < 4.78 is 22.9. The van der Waals surface area contributed by atoms with Crippen LogP contribution in [0.2, 0.25) is 0 Å². The van der Waals surface area contributed by atoms with E-state index < -0.39 is 51.5 Å². The van der Waals surface area contributed by atoms with Crippen molar-refractivity contribution in [3.63, 3.8) is 0 Å². The summed E-state index contributed by atoms with van der Waals surface area (Å²) in [6.45, 7) is 10.3. The van der Waals surface area contributed by atoms with Crippen LogP contribution in [-0.4, -0.2) is 64.7 Å². The van der Waals surface area contributed by atoms with Gasteiger partial charge in [0.2, 0.25) is 0 Å². The Bertz CT molecular complexity index is 1880. The van der Waals surface area contributed by atoms with Crippen molar-refractivity contribution in [1.29, 1.82) is 0 Å². The lowest BCUT2D eigenvalue weighted by Crippen LogP contribution is -2.60. The van der Waals surface area contributed by atoms with E-state index in [0.29, 0.717) is 11.8 Å². The minimum absolute atomic E-state index is 0.0176. The molecule has 0 bridgehead atoms. The maximum Gasteiger partial charge on any atom is 0.408 e. The largest absolute Gasteiger partial charge is 0.458 e. The van der Waals surface area contributed by atoms with Crippen LogP contribution in [-0.2, 0) is 28.5 Å². The highest BCUT2D eigenvalue weighted by Crippen LogP contribution is 2.54. The van der Waals surface area contributed by atoms with Crippen LogP contribution < -0.4 is 10.6 Å². The topological polar surface area (TPSA) is 129 Å². The molecule has 2 N–H and O–H groups in total. The van der Waals surface area contributed by atoms with Crippen molar-refractivity contribution in [2.75, 3.05) is 13.2 Å². The first kappa shape index (κ1) is 40.5. The second-order valence-electron chi connectivity index (χ2n) is 16.7. The van der Waals surface area contributed by atoms with Crippen LogP contribution in [0.5, 0.6) is 0 Å². The van der Waals surface area contributed by atoms with Gasteiger partial charge in [0.1, 0.15) is 30.5 Å². The molecule has 12 heteroatoms. The van der Waals surface area contributed by atoms with E-state index in [4.69, 9.17) is 31.6 Å². The van der Waals surface area contributed by atoms with Crippen molar-refractivity contribution >= 4 is 49.4 Å². The van der Waals surface area contributed by atoms with Gasteiger partial charge >= 0.3 is 24.1 Å². The quantitative estimate of drug-likeness (QED) is 0.0662. The second-order valence-corrected chi connectivity index (χ2v) is 18.1. The first-order valence-electron chi connectivity index (χ1n) is 19.0. The maximum atomic E-state index is 13.8. The van der Waals surface area contributed by atoms with Gasteiger partial charge in [0.05, 0.1) is 0 Å². The number of hydrogen-bond acceptors (Lipinski definition) is 10. The van der Waals surface area contributed by atoms with Crippen molar-refractivity contribution in [3.05, 3.63) is 95.1 Å². The minimum Gasteiger partial charge on any atom is -0.458 e. The second kappa shape index (κ2) is 16.1. The van der Waals surface area contributed by atoms with Gasteiger partial charge in [0.15, 0.2) is 4.87 Å². The Kier molecular flexibility index (Phi) is 11.9. The number of ether oxygens (including phenoxy) is 4. The molecule has 6 rings (SSSR count). The third-order valence-electron chi connectivity index (χ3n) is 10.5. The summed E-state index contributed by atoms with van der Waals surface area (Å²) in [6, 6.07) is 22.9. The molecule has 5 unspecified atom stereocenters. The van der Waals surface area contributed by atoms with Crippen molar-refractivity contribution in [1.82, 2.24) is 10.6 Å². The molecular formula is C43H52N2O8S2. The molecule has 294 valence electrons. The summed E-state index contributed by atoms with van der Waals surface area (Å²) in [5.41, 5.74) is 4.81. The number of hydrogen-bond donors (Lipinski definition) is 4. The van der Waals surface area contributed by atoms with Gasteiger partial charge in [-0.2, -0.15) is 12.6 Å². The van der Waals surface area contributed by atoms with Gasteiger partial charge in [0, 0.05) is 17.1 Å². The Labute approximate surface area is 334 Å². The van der Waals surface area contributed by atoms with Gasteiger partial charge in [-0.1, -0.05) is 79.2 Å². The number of benzene rings is 3. The predicted octanol–water partition coefficient (Wildman–Crippen LogP) is 8.30. The van der Waals surface area contributed by atoms with Crippen LogP contribution in [0.1, 0.15) is 107 Å². The summed E-state index contributed by atoms with van der Waals surface area (Å²) in [6.07, 6.45) is 1.25. The van der Waals surface area contributed by atoms with E-state index in [0.717, 1.165) is 41.5 Å². The smallest absolute Gasteiger partial charge is 0.408 e. The summed E-state index contributed by atoms with van der Waals surface area (Å²) in [5, 5.41) is 4.04. The van der Waals surface area contributed by atoms with Crippen LogP contribution in [0, 0.1) is 5.92 Å². The van der Waals surface area contributed by atoms with Crippen LogP contribution >= 0.6 is 25.3 Å². The van der Waals surface area contributed by atoms with Gasteiger partial charge in [-0.3, -0.25) is 5.32 Å². The summed E-state index contributed by atoms with van der Waals surface area (Å²) in [4.78, 5) is 52.4. The zero-order chi connectivity index (χ0) is 39.7. The standard InChI is InChI=1S/C43H52N2O8S2/c1-41(2,3)52-37(46)35(44-39(48)50-23-33-31-19-12-9-16-27(31)28-20-13-21-32(28)33)22-36(54)43(55,38(47)53-42(4,5)6)45-40(49)51-24-34-29-17-10-7-14-25(29)26-15-8-11-18-30(26)34/h7-12,14-19,28,32-36,54-55H,13,20-24H2,1-6H3,(H,44,48)(H,45,49)/t28?,32?,33?,35?,36?,43-/m0/s1. The zero-order valence-corrected chi connectivity index (χ0v) is 34.1. The number of nitrogens with one attached hydrogen (secondary N) is 2. The number of fused-ring (bicyclic) bond motifs is 6. The molecule has 3 aromatic rings. The minimum atomic E-state index is -2.12. The first-order chi connectivity index (χ1) is 25.9. The third kappa shape index (κ3) is 9.12. The van der Waals surface area contributed by atoms with Crippen molar-refractivity contribution in [2.24, 2.45) is 5.92 Å². The number of carbonyl (C=O) groups excluding carboxylic acids is 4. The summed E-state index contributed by atoms with van der Waals surface area (Å²) >= 11 is 9.40. The van der Waals surface area contributed by atoms with Crippen LogP contribution in [0.4, 0.5) is 9.59 Å². The molecule has 3 aromatic carbocycles. The summed E-state index contributed by atoms with van der Waals surface area (Å²) in [5.74, 6) is -1.04. The highest BCUT2D eigenvalue weighted by molar-refractivity contribution is 7.86. The molecule has 0 saturated heterocycles. The molecule has 1 fully saturated rings. The van der Waals surface area contributed by atoms with Crippen molar-refractivity contribution in [3.8, 4) is 11.1 Å². The number of carbonyl (C=O) groups is 4. The Morgan fingerprint density at radius 1 is 0.727 bits per heavy atom. The average Bonchev–Trinajstić information content (AvgIpc) is 3.80. The molecule has 2 amide bonds. The summed E-state index contributed by atoms with van der Waals surface area (Å²) in [7, 11) is 0. The molecule has 55 heavy (non-hydrogen) atoms. The predicted molar refractivity (Wildman–Crippen MR) is 217 cm³/mol. The Hall–Kier alpha value is -4.16. The molecule has 6 atom stereocenters. The molecule has 1 saturated carbocycles. The SMILES string of the molecule is CC(C)(C)OC(=O)C(CC(S)[C@@](S)(NC(=O)OCC1c2ccccc2-c2ccccc21)C(=O)OC(C)(C)C)NC(=O)OCC1c2ccccc2C2CCCC21. The van der Waals surface area contributed by atoms with Crippen LogP contribution in [0.25, 0.3) is 11.1 Å². The van der Waals surface area contributed by atoms with E-state index in [9.17, 15) is 19.2 Å². The zero-order valence-electron chi connectivity index (χ0n) is 32.3. The van der Waals surface area contributed by atoms with Gasteiger partial charge in [0.25, 0.3) is 0 Å². The van der Waals surface area contributed by atoms with Crippen LogP contribution in [0.3, 0.4) is 0 Å². The van der Waals surface area contributed by atoms with E-state index in [1.165, 1.54) is 11.1 Å². The molecular weight excluding hydrogens is 737 g/mol. The molecule has 0 radical (unpaired) electrons. The number of amides is 2. The number of esters is 2. The number of thiol groups is 2. The highest BCUT2D eigenvalue weighted by Gasteiger charge is 2.49. The van der Waals surface area contributed by atoms with E-state index in [2.05, 4.69) is 35.4 Å². The van der Waals surface area contributed by atoms with Gasteiger partial charge in [-0.15, -0.1) is 12.6 Å². The van der Waals surface area contributed by atoms with Crippen LogP contribution in [0.15, 0.2) is 72.8 Å². The van der Waals surface area contributed by atoms with Gasteiger partial charge in [-0.05, 0) is 106 Å². The van der Waals surface area contributed by atoms with E-state index in [1.807, 2.05) is 60.7 Å². The van der Waals surface area contributed by atoms with Crippen molar-refractivity contribution < 1.29 is 38.1 Å². The lowest BCUT2D eigenvalue weighted by Gasteiger charge is -2.36. The molecule has 10 nitrogen and oxygen atoms in total. The van der Waals surface area contributed by atoms with Gasteiger partial charge in [-0.25, -0.2) is 19.2 Å². The molecule has 0 aliphatic heterocycles. The lowest BCUT2D eigenvalue weighted by molar-refractivity contribution is -0.161. The molecule has 0 spiro atoms. The third-order valence-corrected chi connectivity index (χ3v) is 12.0. The highest BCUT2D eigenvalue weighted by atomic mass is 32.1. The normalized spacial score (nSPS) is 20.8. The van der Waals surface area contributed by atoms with Gasteiger partial charge < -0.3 is 24.3 Å². The van der Waals surface area contributed by atoms with E-state index in [-0.39, 0.29) is 31.5 Å². The fourth-order valence-corrected chi connectivity index (χ4v) is 8.86. The number of rotatable bonds is 11. The molecule has 0 aromatic heterocycles. The monoisotopic (exact) mass is 788 g/mol.